The third kappa shape index (κ3) is 3.70. The van der Waals surface area contributed by atoms with E-state index in [1.807, 2.05) is 24.1 Å². The largest absolute Gasteiger partial charge is 0.370 e. The highest BCUT2D eigenvalue weighted by molar-refractivity contribution is 5.49. The van der Waals surface area contributed by atoms with E-state index in [9.17, 15) is 4.39 Å². The van der Waals surface area contributed by atoms with Gasteiger partial charge in [0.15, 0.2) is 0 Å². The fourth-order valence-electron chi connectivity index (χ4n) is 1.84. The number of rotatable bonds is 6. The molecule has 1 rings (SSSR count). The summed E-state index contributed by atoms with van der Waals surface area (Å²) in [5.41, 5.74) is 1.67. The Kier molecular flexibility index (Phi) is 5.60. The number of halogens is 1. The molecule has 0 aliphatic carbocycles. The van der Waals surface area contributed by atoms with Crippen LogP contribution in [-0.4, -0.2) is 19.6 Å². The highest BCUT2D eigenvalue weighted by atomic mass is 19.1. The van der Waals surface area contributed by atoms with Crippen molar-refractivity contribution in [3.63, 3.8) is 0 Å². The number of nitrogens with zero attached hydrogens (tertiary/aromatic N) is 1. The number of hydrogen-bond acceptors (Lipinski definition) is 2. The van der Waals surface area contributed by atoms with Crippen LogP contribution in [0.1, 0.15) is 45.7 Å². The maximum atomic E-state index is 14.1. The average Bonchev–Trinajstić information content (AvgIpc) is 2.34. The first-order chi connectivity index (χ1) is 8.47. The second-order valence-corrected chi connectivity index (χ2v) is 5.09. The maximum absolute atomic E-state index is 14.1. The lowest BCUT2D eigenvalue weighted by Gasteiger charge is -2.25. The SMILES string of the molecule is CCCNC(C)c1ccc(N(C)C(C)C)c(F)c1. The van der Waals surface area contributed by atoms with Crippen LogP contribution in [-0.2, 0) is 0 Å². The normalized spacial score (nSPS) is 12.8. The average molecular weight is 252 g/mol. The van der Waals surface area contributed by atoms with Crippen molar-refractivity contribution in [1.82, 2.24) is 5.32 Å². The van der Waals surface area contributed by atoms with E-state index in [0.717, 1.165) is 18.5 Å². The summed E-state index contributed by atoms with van der Waals surface area (Å²) in [6.07, 6.45) is 1.08. The predicted molar refractivity (Wildman–Crippen MR) is 76.6 cm³/mol. The Morgan fingerprint density at radius 3 is 2.44 bits per heavy atom. The van der Waals surface area contributed by atoms with Gasteiger partial charge < -0.3 is 10.2 Å². The zero-order chi connectivity index (χ0) is 13.7. The lowest BCUT2D eigenvalue weighted by Crippen LogP contribution is -2.26. The zero-order valence-corrected chi connectivity index (χ0v) is 12.1. The van der Waals surface area contributed by atoms with Crippen LogP contribution in [0.5, 0.6) is 0 Å². The van der Waals surface area contributed by atoms with Gasteiger partial charge in [-0.1, -0.05) is 13.0 Å². The van der Waals surface area contributed by atoms with Gasteiger partial charge in [-0.3, -0.25) is 0 Å². The van der Waals surface area contributed by atoms with Crippen molar-refractivity contribution in [2.45, 2.75) is 46.2 Å². The van der Waals surface area contributed by atoms with E-state index in [1.54, 1.807) is 6.07 Å². The van der Waals surface area contributed by atoms with Gasteiger partial charge in [-0.25, -0.2) is 4.39 Å². The van der Waals surface area contributed by atoms with E-state index >= 15 is 0 Å². The Morgan fingerprint density at radius 2 is 1.94 bits per heavy atom. The van der Waals surface area contributed by atoms with E-state index in [4.69, 9.17) is 0 Å². The minimum absolute atomic E-state index is 0.145. The van der Waals surface area contributed by atoms with Gasteiger partial charge in [0.1, 0.15) is 5.82 Å². The highest BCUT2D eigenvalue weighted by Gasteiger charge is 2.13. The van der Waals surface area contributed by atoms with Gasteiger partial charge in [-0.15, -0.1) is 0 Å². The van der Waals surface area contributed by atoms with Crippen LogP contribution in [0.4, 0.5) is 10.1 Å². The summed E-state index contributed by atoms with van der Waals surface area (Å²) in [5.74, 6) is -0.145. The quantitative estimate of drug-likeness (QED) is 0.830. The molecule has 1 N–H and O–H groups in total. The second kappa shape index (κ2) is 6.74. The minimum Gasteiger partial charge on any atom is -0.370 e. The minimum atomic E-state index is -0.145. The van der Waals surface area contributed by atoms with Crippen LogP contribution in [0, 0.1) is 5.82 Å². The molecule has 1 unspecified atom stereocenters. The van der Waals surface area contributed by atoms with E-state index in [2.05, 4.69) is 33.0 Å². The maximum Gasteiger partial charge on any atom is 0.146 e. The summed E-state index contributed by atoms with van der Waals surface area (Å²) in [6.45, 7) is 9.26. The Morgan fingerprint density at radius 1 is 1.28 bits per heavy atom. The monoisotopic (exact) mass is 252 g/mol. The molecule has 2 nitrogen and oxygen atoms in total. The van der Waals surface area contributed by atoms with E-state index < -0.39 is 0 Å². The van der Waals surface area contributed by atoms with Gasteiger partial charge in [0.25, 0.3) is 0 Å². The van der Waals surface area contributed by atoms with Gasteiger partial charge in [0.05, 0.1) is 5.69 Å². The zero-order valence-electron chi connectivity index (χ0n) is 12.1. The van der Waals surface area contributed by atoms with Gasteiger partial charge in [0, 0.05) is 19.1 Å². The summed E-state index contributed by atoms with van der Waals surface area (Å²) in [7, 11) is 1.92. The molecule has 0 radical (unpaired) electrons. The molecule has 0 amide bonds. The molecule has 0 bridgehead atoms. The number of anilines is 1. The Hall–Kier alpha value is -1.09. The first kappa shape index (κ1) is 15.0. The van der Waals surface area contributed by atoms with Crippen LogP contribution in [0.15, 0.2) is 18.2 Å². The van der Waals surface area contributed by atoms with Crippen molar-refractivity contribution in [1.29, 1.82) is 0 Å². The van der Waals surface area contributed by atoms with E-state index in [-0.39, 0.29) is 11.9 Å². The highest BCUT2D eigenvalue weighted by Crippen LogP contribution is 2.23. The van der Waals surface area contributed by atoms with Gasteiger partial charge in [0.2, 0.25) is 0 Å². The lowest BCUT2D eigenvalue weighted by molar-refractivity contribution is 0.560. The molecule has 1 atom stereocenters. The first-order valence-corrected chi connectivity index (χ1v) is 6.73. The van der Waals surface area contributed by atoms with Crippen molar-refractivity contribution in [2.24, 2.45) is 0 Å². The molecule has 0 saturated carbocycles. The molecule has 0 aliphatic rings. The molecule has 0 heterocycles. The second-order valence-electron chi connectivity index (χ2n) is 5.09. The molecule has 1 aromatic rings. The third-order valence-electron chi connectivity index (χ3n) is 3.33. The molecule has 0 fully saturated rings. The fourth-order valence-corrected chi connectivity index (χ4v) is 1.84. The van der Waals surface area contributed by atoms with Gasteiger partial charge >= 0.3 is 0 Å². The van der Waals surface area contributed by atoms with Crippen molar-refractivity contribution in [3.05, 3.63) is 29.6 Å². The van der Waals surface area contributed by atoms with E-state index in [1.165, 1.54) is 0 Å². The molecule has 18 heavy (non-hydrogen) atoms. The molecular formula is C15H25FN2. The summed E-state index contributed by atoms with van der Waals surface area (Å²) in [4.78, 5) is 1.95. The molecule has 0 saturated heterocycles. The Bertz CT molecular complexity index is 377. The fraction of sp³-hybridized carbons (Fsp3) is 0.600. The lowest BCUT2D eigenvalue weighted by atomic mass is 10.1. The van der Waals surface area contributed by atoms with Crippen molar-refractivity contribution < 1.29 is 4.39 Å². The standard InChI is InChI=1S/C15H25FN2/c1-6-9-17-12(4)13-7-8-15(14(16)10-13)18(5)11(2)3/h7-8,10-12,17H,6,9H2,1-5H3. The molecule has 102 valence electrons. The smallest absolute Gasteiger partial charge is 0.146 e. The number of nitrogens with one attached hydrogen (secondary N) is 1. The topological polar surface area (TPSA) is 15.3 Å². The molecule has 0 spiro atoms. The molecule has 0 aliphatic heterocycles. The van der Waals surface area contributed by atoms with Crippen LogP contribution >= 0.6 is 0 Å². The van der Waals surface area contributed by atoms with Gasteiger partial charge in [-0.2, -0.15) is 0 Å². The number of hydrogen-bond donors (Lipinski definition) is 1. The molecular weight excluding hydrogens is 227 g/mol. The number of benzene rings is 1. The summed E-state index contributed by atoms with van der Waals surface area (Å²) >= 11 is 0. The summed E-state index contributed by atoms with van der Waals surface area (Å²) < 4.78 is 14.1. The molecule has 0 aromatic heterocycles. The molecule has 1 aromatic carbocycles. The predicted octanol–water partition coefficient (Wildman–Crippen LogP) is 3.73. The third-order valence-corrected chi connectivity index (χ3v) is 3.33. The summed E-state index contributed by atoms with van der Waals surface area (Å²) in [5, 5.41) is 3.37. The van der Waals surface area contributed by atoms with Crippen LogP contribution in [0.2, 0.25) is 0 Å². The van der Waals surface area contributed by atoms with Crippen molar-refractivity contribution in [3.8, 4) is 0 Å². The van der Waals surface area contributed by atoms with E-state index in [0.29, 0.717) is 11.7 Å². The van der Waals surface area contributed by atoms with Crippen LogP contribution in [0.3, 0.4) is 0 Å². The van der Waals surface area contributed by atoms with Crippen molar-refractivity contribution >= 4 is 5.69 Å². The van der Waals surface area contributed by atoms with Crippen LogP contribution in [0.25, 0.3) is 0 Å². The van der Waals surface area contributed by atoms with Crippen LogP contribution < -0.4 is 10.2 Å². The van der Waals surface area contributed by atoms with Crippen molar-refractivity contribution in [2.75, 3.05) is 18.5 Å². The summed E-state index contributed by atoms with van der Waals surface area (Å²) in [6, 6.07) is 6.00. The Labute approximate surface area is 110 Å². The first-order valence-electron chi connectivity index (χ1n) is 6.73. The Balaban J connectivity index is 2.85. The molecule has 3 heteroatoms. The van der Waals surface area contributed by atoms with Gasteiger partial charge in [-0.05, 0) is 51.4 Å².